The Morgan fingerprint density at radius 3 is 2.86 bits per heavy atom. The first kappa shape index (κ1) is 8.63. The van der Waals surface area contributed by atoms with E-state index in [1.807, 2.05) is 6.07 Å². The molecule has 0 amide bonds. The molecule has 0 unspecified atom stereocenters. The van der Waals surface area contributed by atoms with Crippen LogP contribution in [0.5, 0.6) is 0 Å². The van der Waals surface area contributed by atoms with Gasteiger partial charge < -0.3 is 0 Å². The van der Waals surface area contributed by atoms with Gasteiger partial charge in [0.15, 0.2) is 0 Å². The van der Waals surface area contributed by atoms with Gasteiger partial charge in [0.2, 0.25) is 0 Å². The van der Waals surface area contributed by atoms with Crippen LogP contribution >= 0.6 is 0 Å². The predicted molar refractivity (Wildman–Crippen MR) is 45.7 cm³/mol. The SMILES string of the molecule is N#Cc1ccc2c(cnn2C(F)F)c1. The molecule has 0 saturated carbocycles. The smallest absolute Gasteiger partial charge is 0.204 e. The molecular formula is C9H5F2N3. The number of nitrogens with zero attached hydrogens (tertiary/aromatic N) is 3. The number of nitriles is 1. The zero-order valence-corrected chi connectivity index (χ0v) is 6.98. The fraction of sp³-hybridized carbons (Fsp3) is 0.111. The van der Waals surface area contributed by atoms with E-state index in [1.165, 1.54) is 24.4 Å². The Kier molecular flexibility index (Phi) is 1.89. The maximum Gasteiger partial charge on any atom is 0.333 e. The molecular weight excluding hydrogens is 188 g/mol. The zero-order valence-electron chi connectivity index (χ0n) is 6.98. The zero-order chi connectivity index (χ0) is 10.1. The van der Waals surface area contributed by atoms with E-state index in [4.69, 9.17) is 5.26 Å². The fourth-order valence-electron chi connectivity index (χ4n) is 1.28. The molecule has 14 heavy (non-hydrogen) atoms. The van der Waals surface area contributed by atoms with E-state index in [9.17, 15) is 8.78 Å². The van der Waals surface area contributed by atoms with Crippen LogP contribution in [0.4, 0.5) is 8.78 Å². The lowest BCUT2D eigenvalue weighted by Crippen LogP contribution is -1.98. The Bertz CT molecular complexity index is 510. The average molecular weight is 193 g/mol. The highest BCUT2D eigenvalue weighted by molar-refractivity contribution is 5.80. The van der Waals surface area contributed by atoms with Crippen LogP contribution in [0.25, 0.3) is 10.9 Å². The van der Waals surface area contributed by atoms with Gasteiger partial charge in [0.05, 0.1) is 23.3 Å². The molecule has 0 spiro atoms. The van der Waals surface area contributed by atoms with Crippen LogP contribution in [0.15, 0.2) is 24.4 Å². The van der Waals surface area contributed by atoms with E-state index >= 15 is 0 Å². The Balaban J connectivity index is 2.67. The molecule has 1 heterocycles. The number of alkyl halides is 2. The van der Waals surface area contributed by atoms with Gasteiger partial charge in [0, 0.05) is 5.39 Å². The third kappa shape index (κ3) is 1.21. The van der Waals surface area contributed by atoms with Crippen molar-refractivity contribution in [3.63, 3.8) is 0 Å². The van der Waals surface area contributed by atoms with Gasteiger partial charge in [-0.05, 0) is 18.2 Å². The maximum atomic E-state index is 12.3. The Labute approximate surface area is 78.2 Å². The van der Waals surface area contributed by atoms with Crippen LogP contribution in [-0.2, 0) is 0 Å². The first-order valence-corrected chi connectivity index (χ1v) is 3.88. The summed E-state index contributed by atoms with van der Waals surface area (Å²) in [5.41, 5.74) is 0.769. The van der Waals surface area contributed by atoms with Gasteiger partial charge in [0.1, 0.15) is 0 Å². The van der Waals surface area contributed by atoms with Crippen molar-refractivity contribution in [3.05, 3.63) is 30.0 Å². The van der Waals surface area contributed by atoms with Crippen LogP contribution in [0.2, 0.25) is 0 Å². The standard InChI is InChI=1S/C9H5F2N3/c10-9(11)14-8-2-1-6(4-12)3-7(8)5-13-14/h1-3,5,9H. The molecule has 0 saturated heterocycles. The molecule has 1 aromatic carbocycles. The molecule has 0 aliphatic rings. The lowest BCUT2D eigenvalue weighted by molar-refractivity contribution is 0.0615. The monoisotopic (exact) mass is 193 g/mol. The van der Waals surface area contributed by atoms with Gasteiger partial charge in [-0.25, -0.2) is 4.68 Å². The number of aromatic nitrogens is 2. The quantitative estimate of drug-likeness (QED) is 0.697. The van der Waals surface area contributed by atoms with Crippen LogP contribution in [0, 0.1) is 11.3 Å². The molecule has 0 radical (unpaired) electrons. The summed E-state index contributed by atoms with van der Waals surface area (Å²) in [5.74, 6) is 0. The van der Waals surface area contributed by atoms with Crippen LogP contribution in [0.1, 0.15) is 12.1 Å². The molecule has 0 aliphatic carbocycles. The summed E-state index contributed by atoms with van der Waals surface area (Å²) in [7, 11) is 0. The average Bonchev–Trinajstić information content (AvgIpc) is 2.59. The molecule has 0 fully saturated rings. The highest BCUT2D eigenvalue weighted by Gasteiger charge is 2.10. The van der Waals surface area contributed by atoms with Crippen molar-refractivity contribution >= 4 is 10.9 Å². The molecule has 0 bridgehead atoms. The van der Waals surface area contributed by atoms with Gasteiger partial charge in [-0.3, -0.25) is 0 Å². The lowest BCUT2D eigenvalue weighted by Gasteiger charge is -1.99. The van der Waals surface area contributed by atoms with Crippen molar-refractivity contribution in [1.82, 2.24) is 9.78 Å². The molecule has 0 N–H and O–H groups in total. The van der Waals surface area contributed by atoms with Gasteiger partial charge in [-0.15, -0.1) is 0 Å². The second-order valence-corrected chi connectivity index (χ2v) is 2.75. The first-order valence-electron chi connectivity index (χ1n) is 3.88. The molecule has 2 aromatic rings. The summed E-state index contributed by atoms with van der Waals surface area (Å²) < 4.78 is 25.3. The summed E-state index contributed by atoms with van der Waals surface area (Å²) in [6.45, 7) is -2.65. The second-order valence-electron chi connectivity index (χ2n) is 2.75. The molecule has 0 atom stereocenters. The van der Waals surface area contributed by atoms with E-state index in [0.717, 1.165) is 0 Å². The van der Waals surface area contributed by atoms with Gasteiger partial charge in [-0.1, -0.05) is 0 Å². The summed E-state index contributed by atoms with van der Waals surface area (Å²) in [4.78, 5) is 0. The van der Waals surface area contributed by atoms with Crippen molar-refractivity contribution in [3.8, 4) is 6.07 Å². The minimum Gasteiger partial charge on any atom is -0.204 e. The molecule has 5 heteroatoms. The number of halogens is 2. The largest absolute Gasteiger partial charge is 0.333 e. The summed E-state index contributed by atoms with van der Waals surface area (Å²) in [6, 6.07) is 6.42. The Morgan fingerprint density at radius 1 is 1.43 bits per heavy atom. The topological polar surface area (TPSA) is 41.6 Å². The highest BCUT2D eigenvalue weighted by atomic mass is 19.3. The number of rotatable bonds is 1. The number of hydrogen-bond acceptors (Lipinski definition) is 2. The summed E-state index contributed by atoms with van der Waals surface area (Å²) in [5, 5.41) is 12.7. The van der Waals surface area contributed by atoms with E-state index in [-0.39, 0.29) is 0 Å². The lowest BCUT2D eigenvalue weighted by atomic mass is 10.2. The minimum atomic E-state index is -2.65. The Hall–Kier alpha value is -1.96. The normalized spacial score (nSPS) is 10.7. The van der Waals surface area contributed by atoms with E-state index < -0.39 is 6.55 Å². The van der Waals surface area contributed by atoms with Crippen LogP contribution in [0.3, 0.4) is 0 Å². The van der Waals surface area contributed by atoms with Gasteiger partial charge in [0.25, 0.3) is 0 Å². The predicted octanol–water partition coefficient (Wildman–Crippen LogP) is 2.30. The van der Waals surface area contributed by atoms with Crippen molar-refractivity contribution in [1.29, 1.82) is 5.26 Å². The van der Waals surface area contributed by atoms with Gasteiger partial charge in [-0.2, -0.15) is 19.1 Å². The molecule has 0 aliphatic heterocycles. The third-order valence-electron chi connectivity index (χ3n) is 1.91. The Morgan fingerprint density at radius 2 is 2.21 bits per heavy atom. The van der Waals surface area contributed by atoms with Crippen molar-refractivity contribution in [2.24, 2.45) is 0 Å². The maximum absolute atomic E-state index is 12.3. The van der Waals surface area contributed by atoms with E-state index in [0.29, 0.717) is 21.1 Å². The van der Waals surface area contributed by atoms with Crippen molar-refractivity contribution in [2.45, 2.75) is 6.55 Å². The van der Waals surface area contributed by atoms with Crippen molar-refractivity contribution in [2.75, 3.05) is 0 Å². The number of benzene rings is 1. The van der Waals surface area contributed by atoms with Crippen molar-refractivity contribution < 1.29 is 8.78 Å². The van der Waals surface area contributed by atoms with Crippen LogP contribution < -0.4 is 0 Å². The minimum absolute atomic E-state index is 0.332. The van der Waals surface area contributed by atoms with Crippen LogP contribution in [-0.4, -0.2) is 9.78 Å². The van der Waals surface area contributed by atoms with E-state index in [2.05, 4.69) is 5.10 Å². The molecule has 3 nitrogen and oxygen atoms in total. The van der Waals surface area contributed by atoms with Gasteiger partial charge >= 0.3 is 6.55 Å². The molecule has 70 valence electrons. The summed E-state index contributed by atoms with van der Waals surface area (Å²) in [6.07, 6.45) is 1.32. The second kappa shape index (κ2) is 3.07. The molecule has 2 rings (SSSR count). The highest BCUT2D eigenvalue weighted by Crippen LogP contribution is 2.20. The first-order chi connectivity index (χ1) is 6.72. The summed E-state index contributed by atoms with van der Waals surface area (Å²) >= 11 is 0. The van der Waals surface area contributed by atoms with E-state index in [1.54, 1.807) is 0 Å². The third-order valence-corrected chi connectivity index (χ3v) is 1.91. The molecule has 1 aromatic heterocycles. The number of hydrogen-bond donors (Lipinski definition) is 0. The fourth-order valence-corrected chi connectivity index (χ4v) is 1.28. The number of fused-ring (bicyclic) bond motifs is 1.